The molecule has 0 bridgehead atoms. The van der Waals surface area contributed by atoms with Gasteiger partial charge in [0.1, 0.15) is 5.75 Å². The first kappa shape index (κ1) is 13.8. The minimum atomic E-state index is 0.859. The molecule has 0 atom stereocenters. The van der Waals surface area contributed by atoms with Crippen LogP contribution >= 0.6 is 0 Å². The van der Waals surface area contributed by atoms with Gasteiger partial charge in [0.05, 0.1) is 12.8 Å². The third kappa shape index (κ3) is 2.64. The van der Waals surface area contributed by atoms with Gasteiger partial charge in [-0.05, 0) is 70.6 Å². The molecule has 1 aliphatic rings. The van der Waals surface area contributed by atoms with Crippen LogP contribution in [0.5, 0.6) is 5.75 Å². The van der Waals surface area contributed by atoms with Gasteiger partial charge in [-0.25, -0.2) is 0 Å². The Morgan fingerprint density at radius 3 is 2.48 bits per heavy atom. The Bertz CT molecular complexity index is 879. The van der Waals surface area contributed by atoms with E-state index in [2.05, 4.69) is 47.5 Å². The minimum Gasteiger partial charge on any atom is -0.497 e. The maximum absolute atomic E-state index is 5.17. The minimum absolute atomic E-state index is 0.859. The molecule has 0 aliphatic heterocycles. The van der Waals surface area contributed by atoms with E-state index in [4.69, 9.17) is 4.74 Å². The molecule has 3 aromatic rings. The van der Waals surface area contributed by atoms with Crippen LogP contribution in [0.25, 0.3) is 11.1 Å². The van der Waals surface area contributed by atoms with Crippen LogP contribution < -0.4 is 4.74 Å². The smallest absolute Gasteiger partial charge is 0.118 e. The van der Waals surface area contributed by atoms with Gasteiger partial charge in [-0.3, -0.25) is 4.99 Å². The molecular formula is C21H17NO. The molecule has 0 aromatic heterocycles. The topological polar surface area (TPSA) is 21.6 Å². The number of aliphatic imine (C=N–C) groups is 1. The summed E-state index contributed by atoms with van der Waals surface area (Å²) in [6, 6.07) is 23.0. The number of methoxy groups -OCH3 is 1. The summed E-state index contributed by atoms with van der Waals surface area (Å²) >= 11 is 0. The zero-order chi connectivity index (χ0) is 15.6. The van der Waals surface area contributed by atoms with Crippen LogP contribution in [0, 0.1) is 0 Å². The third-order valence-electron chi connectivity index (χ3n) is 4.26. The van der Waals surface area contributed by atoms with Crippen LogP contribution in [0.15, 0.2) is 71.7 Å². The fourth-order valence-electron chi connectivity index (χ4n) is 3.05. The van der Waals surface area contributed by atoms with Crippen molar-refractivity contribution in [2.24, 2.45) is 4.99 Å². The van der Waals surface area contributed by atoms with E-state index in [9.17, 15) is 0 Å². The second-order valence-electron chi connectivity index (χ2n) is 5.71. The van der Waals surface area contributed by atoms with Crippen molar-refractivity contribution in [1.82, 2.24) is 0 Å². The largest absolute Gasteiger partial charge is 0.497 e. The van der Waals surface area contributed by atoms with E-state index in [-0.39, 0.29) is 0 Å². The molecule has 0 unspecified atom stereocenters. The third-order valence-corrected chi connectivity index (χ3v) is 4.26. The van der Waals surface area contributed by atoms with Crippen molar-refractivity contribution in [3.05, 3.63) is 83.4 Å². The predicted molar refractivity (Wildman–Crippen MR) is 94.9 cm³/mol. The number of benzene rings is 3. The Morgan fingerprint density at radius 2 is 1.65 bits per heavy atom. The Balaban J connectivity index is 1.59. The maximum atomic E-state index is 5.17. The van der Waals surface area contributed by atoms with Crippen molar-refractivity contribution in [3.63, 3.8) is 0 Å². The molecule has 0 saturated carbocycles. The standard InChI is InChI=1S/C21H17NO/c1-23-19-9-6-15(7-10-19)14-22-18-8-11-21-17(13-18)12-16-4-2-3-5-20(16)21/h2-11,13-14H,12H2,1H3. The monoisotopic (exact) mass is 299 g/mol. The molecule has 2 nitrogen and oxygen atoms in total. The van der Waals surface area contributed by atoms with Crippen molar-refractivity contribution in [1.29, 1.82) is 0 Å². The average molecular weight is 299 g/mol. The lowest BCUT2D eigenvalue weighted by molar-refractivity contribution is 0.415. The van der Waals surface area contributed by atoms with Gasteiger partial charge in [-0.2, -0.15) is 0 Å². The van der Waals surface area contributed by atoms with Crippen LogP contribution in [0.3, 0.4) is 0 Å². The van der Waals surface area contributed by atoms with Gasteiger partial charge < -0.3 is 4.74 Å². The summed E-state index contributed by atoms with van der Waals surface area (Å²) in [4.78, 5) is 4.61. The highest BCUT2D eigenvalue weighted by Crippen LogP contribution is 2.38. The molecule has 2 heteroatoms. The summed E-state index contributed by atoms with van der Waals surface area (Å²) in [5, 5.41) is 0. The highest BCUT2D eigenvalue weighted by Gasteiger charge is 2.17. The van der Waals surface area contributed by atoms with E-state index in [0.29, 0.717) is 0 Å². The summed E-state index contributed by atoms with van der Waals surface area (Å²) in [6.45, 7) is 0. The molecule has 0 amide bonds. The summed E-state index contributed by atoms with van der Waals surface area (Å²) in [5.41, 5.74) is 7.51. The summed E-state index contributed by atoms with van der Waals surface area (Å²) in [5.74, 6) is 0.859. The zero-order valence-electron chi connectivity index (χ0n) is 13.0. The predicted octanol–water partition coefficient (Wildman–Crippen LogP) is 5.02. The van der Waals surface area contributed by atoms with E-state index in [0.717, 1.165) is 23.4 Å². The van der Waals surface area contributed by atoms with Gasteiger partial charge in [-0.1, -0.05) is 30.3 Å². The van der Waals surface area contributed by atoms with Crippen molar-refractivity contribution in [2.45, 2.75) is 6.42 Å². The zero-order valence-corrected chi connectivity index (χ0v) is 13.0. The molecule has 112 valence electrons. The number of rotatable bonds is 3. The van der Waals surface area contributed by atoms with Gasteiger partial charge in [0.15, 0.2) is 0 Å². The fourth-order valence-corrected chi connectivity index (χ4v) is 3.05. The van der Waals surface area contributed by atoms with Crippen LogP contribution in [-0.2, 0) is 6.42 Å². The molecular weight excluding hydrogens is 282 g/mol. The van der Waals surface area contributed by atoms with E-state index in [1.165, 1.54) is 22.3 Å². The lowest BCUT2D eigenvalue weighted by Gasteiger charge is -2.02. The van der Waals surface area contributed by atoms with Crippen molar-refractivity contribution >= 4 is 11.9 Å². The van der Waals surface area contributed by atoms with E-state index in [1.54, 1.807) is 7.11 Å². The van der Waals surface area contributed by atoms with Crippen LogP contribution in [0.1, 0.15) is 16.7 Å². The normalized spacial score (nSPS) is 12.2. The molecule has 0 fully saturated rings. The first-order valence-electron chi connectivity index (χ1n) is 7.73. The van der Waals surface area contributed by atoms with E-state index < -0.39 is 0 Å². The van der Waals surface area contributed by atoms with Crippen LogP contribution in [0.4, 0.5) is 5.69 Å². The van der Waals surface area contributed by atoms with Crippen LogP contribution in [-0.4, -0.2) is 13.3 Å². The Hall–Kier alpha value is -2.87. The van der Waals surface area contributed by atoms with Gasteiger partial charge in [-0.15, -0.1) is 0 Å². The van der Waals surface area contributed by atoms with E-state index in [1.807, 2.05) is 30.5 Å². The first-order chi connectivity index (χ1) is 11.3. The fraction of sp³-hybridized carbons (Fsp3) is 0.0952. The van der Waals surface area contributed by atoms with Crippen molar-refractivity contribution in [2.75, 3.05) is 7.11 Å². The number of nitrogens with zero attached hydrogens (tertiary/aromatic N) is 1. The molecule has 0 spiro atoms. The molecule has 0 heterocycles. The molecule has 0 N–H and O–H groups in total. The highest BCUT2D eigenvalue weighted by atomic mass is 16.5. The van der Waals surface area contributed by atoms with Gasteiger partial charge in [0.25, 0.3) is 0 Å². The van der Waals surface area contributed by atoms with Crippen molar-refractivity contribution in [3.8, 4) is 16.9 Å². The van der Waals surface area contributed by atoms with Gasteiger partial charge in [0.2, 0.25) is 0 Å². The van der Waals surface area contributed by atoms with Gasteiger partial charge in [0, 0.05) is 6.21 Å². The number of ether oxygens (including phenoxy) is 1. The second kappa shape index (κ2) is 5.73. The maximum Gasteiger partial charge on any atom is 0.118 e. The summed E-state index contributed by atoms with van der Waals surface area (Å²) in [7, 11) is 1.67. The Labute approximate surface area is 136 Å². The number of hydrogen-bond acceptors (Lipinski definition) is 2. The number of hydrogen-bond donors (Lipinski definition) is 0. The van der Waals surface area contributed by atoms with Gasteiger partial charge >= 0.3 is 0 Å². The second-order valence-corrected chi connectivity index (χ2v) is 5.71. The van der Waals surface area contributed by atoms with Crippen LogP contribution in [0.2, 0.25) is 0 Å². The molecule has 0 radical (unpaired) electrons. The Kier molecular flexibility index (Phi) is 3.43. The highest BCUT2D eigenvalue weighted by molar-refractivity contribution is 5.83. The SMILES string of the molecule is COc1ccc(C=Nc2ccc3c(c2)Cc2ccccc2-3)cc1. The molecule has 23 heavy (non-hydrogen) atoms. The molecule has 0 saturated heterocycles. The van der Waals surface area contributed by atoms with E-state index >= 15 is 0 Å². The van der Waals surface area contributed by atoms with Crippen molar-refractivity contribution < 1.29 is 4.74 Å². The Morgan fingerprint density at radius 1 is 0.870 bits per heavy atom. The summed E-state index contributed by atoms with van der Waals surface area (Å²) < 4.78 is 5.17. The lowest BCUT2D eigenvalue weighted by atomic mass is 10.1. The molecule has 4 rings (SSSR count). The average Bonchev–Trinajstić information content (AvgIpc) is 2.98. The summed E-state index contributed by atoms with van der Waals surface area (Å²) in [6.07, 6.45) is 2.89. The quantitative estimate of drug-likeness (QED) is 0.487. The first-order valence-corrected chi connectivity index (χ1v) is 7.73. The lowest BCUT2D eigenvalue weighted by Crippen LogP contribution is -1.84. The molecule has 1 aliphatic carbocycles. The molecule has 3 aromatic carbocycles. The number of fused-ring (bicyclic) bond motifs is 3.